The van der Waals surface area contributed by atoms with Gasteiger partial charge in [0.15, 0.2) is 5.82 Å². The number of hydrogen-bond donors (Lipinski definition) is 0. The van der Waals surface area contributed by atoms with Crippen LogP contribution in [0.2, 0.25) is 5.15 Å². The van der Waals surface area contributed by atoms with Crippen molar-refractivity contribution >= 4 is 27.5 Å². The Kier molecular flexibility index (Phi) is 4.76. The molecule has 0 bridgehead atoms. The van der Waals surface area contributed by atoms with Crippen molar-refractivity contribution in [1.29, 1.82) is 0 Å². The number of hydrogen-bond acceptors (Lipinski definition) is 2. The summed E-state index contributed by atoms with van der Waals surface area (Å²) in [5.74, 6) is 0.601. The first-order valence-corrected chi connectivity index (χ1v) is 7.53. The summed E-state index contributed by atoms with van der Waals surface area (Å²) >= 11 is 9.55. The molecule has 0 spiro atoms. The molecule has 2 rings (SSSR count). The summed E-state index contributed by atoms with van der Waals surface area (Å²) in [4.78, 5) is 8.75. The summed E-state index contributed by atoms with van der Waals surface area (Å²) in [5.41, 5.74) is 2.31. The van der Waals surface area contributed by atoms with Crippen LogP contribution in [0.4, 0.5) is 4.39 Å². The van der Waals surface area contributed by atoms with E-state index in [1.54, 1.807) is 0 Å². The highest BCUT2D eigenvalue weighted by molar-refractivity contribution is 9.10. The van der Waals surface area contributed by atoms with Crippen molar-refractivity contribution in [2.75, 3.05) is 0 Å². The van der Waals surface area contributed by atoms with Crippen LogP contribution >= 0.6 is 27.5 Å². The van der Waals surface area contributed by atoms with E-state index in [2.05, 4.69) is 39.7 Å². The summed E-state index contributed by atoms with van der Waals surface area (Å²) in [7, 11) is 0. The average Bonchev–Trinajstić information content (AvgIpc) is 2.32. The van der Waals surface area contributed by atoms with Crippen LogP contribution in [0.5, 0.6) is 0 Å². The van der Waals surface area contributed by atoms with Crippen molar-refractivity contribution in [3.8, 4) is 11.4 Å². The summed E-state index contributed by atoms with van der Waals surface area (Å²) in [6, 6.07) is 4.74. The van der Waals surface area contributed by atoms with Gasteiger partial charge in [0.25, 0.3) is 0 Å². The number of rotatable bonds is 3. The average molecular weight is 358 g/mol. The normalized spacial score (nSPS) is 11.2. The lowest BCUT2D eigenvalue weighted by Gasteiger charge is -2.10. The van der Waals surface area contributed by atoms with E-state index >= 15 is 0 Å². The highest BCUT2D eigenvalue weighted by Crippen LogP contribution is 2.29. The Morgan fingerprint density at radius 3 is 2.55 bits per heavy atom. The van der Waals surface area contributed by atoms with Crippen molar-refractivity contribution < 1.29 is 4.39 Å². The topological polar surface area (TPSA) is 25.8 Å². The molecule has 0 radical (unpaired) electrons. The fourth-order valence-electron chi connectivity index (χ4n) is 1.98. The van der Waals surface area contributed by atoms with Gasteiger partial charge in [0.1, 0.15) is 11.0 Å². The first-order valence-electron chi connectivity index (χ1n) is 6.36. The van der Waals surface area contributed by atoms with Crippen LogP contribution in [0, 0.1) is 18.7 Å². The molecule has 0 atom stereocenters. The van der Waals surface area contributed by atoms with E-state index in [0.717, 1.165) is 17.7 Å². The van der Waals surface area contributed by atoms with E-state index in [4.69, 9.17) is 11.6 Å². The molecule has 20 heavy (non-hydrogen) atoms. The largest absolute Gasteiger partial charge is 0.232 e. The predicted octanol–water partition coefficient (Wildman–Crippen LogP) is 5.21. The number of aryl methyl sites for hydroxylation is 1. The minimum absolute atomic E-state index is 0.298. The van der Waals surface area contributed by atoms with Crippen molar-refractivity contribution in [2.45, 2.75) is 27.2 Å². The highest BCUT2D eigenvalue weighted by Gasteiger charge is 2.14. The lowest BCUT2D eigenvalue weighted by Crippen LogP contribution is -2.03. The van der Waals surface area contributed by atoms with Crippen LogP contribution in [0.15, 0.2) is 22.7 Å². The van der Waals surface area contributed by atoms with Crippen LogP contribution in [-0.4, -0.2) is 9.97 Å². The van der Waals surface area contributed by atoms with E-state index in [1.807, 2.05) is 13.0 Å². The van der Waals surface area contributed by atoms with Gasteiger partial charge < -0.3 is 0 Å². The molecule has 0 aliphatic heterocycles. The number of aromatic nitrogens is 2. The maximum absolute atomic E-state index is 13.5. The molecule has 0 N–H and O–H groups in total. The third kappa shape index (κ3) is 3.55. The fourth-order valence-corrected chi connectivity index (χ4v) is 2.51. The van der Waals surface area contributed by atoms with Crippen LogP contribution in [0.3, 0.4) is 0 Å². The second kappa shape index (κ2) is 6.19. The van der Waals surface area contributed by atoms with Gasteiger partial charge in [-0.1, -0.05) is 25.4 Å². The van der Waals surface area contributed by atoms with Gasteiger partial charge in [0, 0.05) is 5.56 Å². The SMILES string of the molecule is Cc1cc(F)cc(-c2nc(Cl)c(Br)c(CC(C)C)n2)c1. The quantitative estimate of drug-likeness (QED) is 0.705. The molecule has 5 heteroatoms. The van der Waals surface area contributed by atoms with E-state index < -0.39 is 0 Å². The van der Waals surface area contributed by atoms with Gasteiger partial charge in [0.2, 0.25) is 0 Å². The molecule has 0 aliphatic rings. The van der Waals surface area contributed by atoms with Gasteiger partial charge in [-0.2, -0.15) is 0 Å². The molecule has 0 saturated carbocycles. The molecule has 2 nitrogen and oxygen atoms in total. The maximum atomic E-state index is 13.5. The molecule has 106 valence electrons. The Morgan fingerprint density at radius 1 is 1.25 bits per heavy atom. The minimum atomic E-state index is -0.298. The molecule has 0 aliphatic carbocycles. The van der Waals surface area contributed by atoms with Gasteiger partial charge in [-0.15, -0.1) is 0 Å². The van der Waals surface area contributed by atoms with E-state index in [1.165, 1.54) is 12.1 Å². The summed E-state index contributed by atoms with van der Waals surface area (Å²) in [5, 5.41) is 0.354. The van der Waals surface area contributed by atoms with Crippen LogP contribution in [-0.2, 0) is 6.42 Å². The van der Waals surface area contributed by atoms with Crippen LogP contribution in [0.25, 0.3) is 11.4 Å². The fraction of sp³-hybridized carbons (Fsp3) is 0.333. The molecule has 2 aromatic rings. The Morgan fingerprint density at radius 2 is 1.95 bits per heavy atom. The number of benzene rings is 1. The Balaban J connectivity index is 2.54. The first kappa shape index (κ1) is 15.4. The molecular weight excluding hydrogens is 343 g/mol. The second-order valence-electron chi connectivity index (χ2n) is 5.21. The summed E-state index contributed by atoms with van der Waals surface area (Å²) < 4.78 is 14.2. The maximum Gasteiger partial charge on any atom is 0.161 e. The molecule has 1 aromatic carbocycles. The standard InChI is InChI=1S/C15H15BrClFN2/c1-8(2)4-12-13(16)14(17)20-15(19-12)10-5-9(3)6-11(18)7-10/h5-8H,4H2,1-3H3. The van der Waals surface area contributed by atoms with Gasteiger partial charge in [-0.05, 0) is 59.0 Å². The van der Waals surface area contributed by atoms with Crippen molar-refractivity contribution in [3.05, 3.63) is 44.9 Å². The van der Waals surface area contributed by atoms with Crippen LogP contribution in [0.1, 0.15) is 25.1 Å². The zero-order valence-corrected chi connectivity index (χ0v) is 13.9. The Hall–Kier alpha value is -1.00. The Labute approximate surface area is 131 Å². The zero-order chi connectivity index (χ0) is 14.9. The lowest BCUT2D eigenvalue weighted by atomic mass is 10.1. The van der Waals surface area contributed by atoms with Gasteiger partial charge in [-0.25, -0.2) is 14.4 Å². The second-order valence-corrected chi connectivity index (χ2v) is 6.36. The zero-order valence-electron chi connectivity index (χ0n) is 11.5. The predicted molar refractivity (Wildman–Crippen MR) is 83.4 cm³/mol. The smallest absolute Gasteiger partial charge is 0.161 e. The van der Waals surface area contributed by atoms with Crippen molar-refractivity contribution in [2.24, 2.45) is 5.92 Å². The number of halogens is 3. The monoisotopic (exact) mass is 356 g/mol. The van der Waals surface area contributed by atoms with Crippen molar-refractivity contribution in [3.63, 3.8) is 0 Å². The van der Waals surface area contributed by atoms with E-state index in [-0.39, 0.29) is 5.82 Å². The van der Waals surface area contributed by atoms with Gasteiger partial charge >= 0.3 is 0 Å². The number of nitrogens with zero attached hydrogens (tertiary/aromatic N) is 2. The third-order valence-corrected chi connectivity index (χ3v) is 4.12. The highest BCUT2D eigenvalue weighted by atomic mass is 79.9. The molecule has 0 fully saturated rings. The molecular formula is C15H15BrClFN2. The minimum Gasteiger partial charge on any atom is -0.232 e. The van der Waals surface area contributed by atoms with Gasteiger partial charge in [0.05, 0.1) is 10.2 Å². The molecule has 0 amide bonds. The third-order valence-electron chi connectivity index (χ3n) is 2.78. The van der Waals surface area contributed by atoms with Crippen LogP contribution < -0.4 is 0 Å². The molecule has 0 unspecified atom stereocenters. The molecule has 0 saturated heterocycles. The lowest BCUT2D eigenvalue weighted by molar-refractivity contribution is 0.626. The van der Waals surface area contributed by atoms with Crippen molar-refractivity contribution in [1.82, 2.24) is 9.97 Å². The molecule has 1 heterocycles. The van der Waals surface area contributed by atoms with Gasteiger partial charge in [-0.3, -0.25) is 0 Å². The first-order chi connectivity index (χ1) is 9.36. The van der Waals surface area contributed by atoms with E-state index in [9.17, 15) is 4.39 Å². The summed E-state index contributed by atoms with van der Waals surface area (Å²) in [6.45, 7) is 6.05. The molecule has 1 aromatic heterocycles. The van der Waals surface area contributed by atoms with E-state index in [0.29, 0.717) is 26.9 Å². The Bertz CT molecular complexity index is 624. The summed E-state index contributed by atoms with van der Waals surface area (Å²) in [6.07, 6.45) is 0.782.